The SMILES string of the molecule is Cc1cc(N2CCN([C@H]3CC[C@H](C[C@H](N)C(=O)N4CCSC4)CC3)CC2)n(-c2ccccc2)n1. The highest BCUT2D eigenvalue weighted by atomic mass is 32.2. The lowest BCUT2D eigenvalue weighted by atomic mass is 9.81. The minimum Gasteiger partial charge on any atom is -0.354 e. The number of hydrogen-bond donors (Lipinski definition) is 1. The minimum atomic E-state index is -0.318. The topological polar surface area (TPSA) is 70.6 Å². The molecular formula is C26H38N6OS. The van der Waals surface area contributed by atoms with Gasteiger partial charge >= 0.3 is 0 Å². The number of hydrogen-bond acceptors (Lipinski definition) is 6. The zero-order valence-electron chi connectivity index (χ0n) is 20.3. The highest BCUT2D eigenvalue weighted by Crippen LogP contribution is 2.32. The summed E-state index contributed by atoms with van der Waals surface area (Å²) in [5.74, 6) is 3.81. The molecular weight excluding hydrogens is 444 g/mol. The summed E-state index contributed by atoms with van der Waals surface area (Å²) in [6.45, 7) is 7.19. The predicted molar refractivity (Wildman–Crippen MR) is 139 cm³/mol. The monoisotopic (exact) mass is 482 g/mol. The van der Waals surface area contributed by atoms with Crippen LogP contribution in [0.15, 0.2) is 36.4 Å². The van der Waals surface area contributed by atoms with E-state index in [4.69, 9.17) is 10.8 Å². The smallest absolute Gasteiger partial charge is 0.240 e. The first-order chi connectivity index (χ1) is 16.6. The van der Waals surface area contributed by atoms with E-state index < -0.39 is 0 Å². The Balaban J connectivity index is 1.10. The lowest BCUT2D eigenvalue weighted by Crippen LogP contribution is -2.51. The molecule has 184 valence electrons. The molecule has 1 aromatic carbocycles. The van der Waals surface area contributed by atoms with Crippen molar-refractivity contribution >= 4 is 23.5 Å². The fourth-order valence-corrected chi connectivity index (χ4v) is 6.77. The van der Waals surface area contributed by atoms with Crippen molar-refractivity contribution in [1.29, 1.82) is 0 Å². The largest absolute Gasteiger partial charge is 0.354 e. The molecule has 1 saturated carbocycles. The third-order valence-electron chi connectivity index (χ3n) is 7.75. The van der Waals surface area contributed by atoms with Gasteiger partial charge in [-0.15, -0.1) is 11.8 Å². The van der Waals surface area contributed by atoms with Crippen LogP contribution in [0, 0.1) is 12.8 Å². The Morgan fingerprint density at radius 2 is 1.82 bits per heavy atom. The second-order valence-corrected chi connectivity index (χ2v) is 11.1. The van der Waals surface area contributed by atoms with Crippen molar-refractivity contribution < 1.29 is 4.79 Å². The van der Waals surface area contributed by atoms with Gasteiger partial charge < -0.3 is 15.5 Å². The minimum absolute atomic E-state index is 0.160. The molecule has 0 spiro atoms. The molecule has 7 nitrogen and oxygen atoms in total. The number of nitrogens with two attached hydrogens (primary N) is 1. The lowest BCUT2D eigenvalue weighted by Gasteiger charge is -2.42. The van der Waals surface area contributed by atoms with E-state index in [1.165, 1.54) is 31.5 Å². The summed E-state index contributed by atoms with van der Waals surface area (Å²) in [5.41, 5.74) is 8.48. The molecule has 3 fully saturated rings. The molecule has 2 aromatic rings. The maximum Gasteiger partial charge on any atom is 0.240 e. The highest BCUT2D eigenvalue weighted by molar-refractivity contribution is 7.99. The van der Waals surface area contributed by atoms with Crippen molar-refractivity contribution in [3.8, 4) is 5.69 Å². The summed E-state index contributed by atoms with van der Waals surface area (Å²) < 4.78 is 2.08. The van der Waals surface area contributed by atoms with Gasteiger partial charge in [-0.3, -0.25) is 9.69 Å². The summed E-state index contributed by atoms with van der Waals surface area (Å²) >= 11 is 1.83. The summed E-state index contributed by atoms with van der Waals surface area (Å²) in [6.07, 6.45) is 5.70. The van der Waals surface area contributed by atoms with Crippen molar-refractivity contribution in [2.45, 2.75) is 51.1 Å². The van der Waals surface area contributed by atoms with Crippen molar-refractivity contribution in [2.75, 3.05) is 49.3 Å². The number of amides is 1. The van der Waals surface area contributed by atoms with Gasteiger partial charge in [-0.05, 0) is 57.1 Å². The average Bonchev–Trinajstić information content (AvgIpc) is 3.55. The normalized spacial score (nSPS) is 25.0. The molecule has 34 heavy (non-hydrogen) atoms. The van der Waals surface area contributed by atoms with Crippen LogP contribution in [0.4, 0.5) is 5.82 Å². The molecule has 0 radical (unpaired) electrons. The van der Waals surface area contributed by atoms with Crippen LogP contribution in [-0.2, 0) is 4.79 Å². The number of aromatic nitrogens is 2. The number of piperazine rings is 1. The number of anilines is 1. The van der Waals surface area contributed by atoms with E-state index in [1.54, 1.807) is 0 Å². The van der Waals surface area contributed by atoms with Gasteiger partial charge in [0, 0.05) is 50.6 Å². The van der Waals surface area contributed by atoms with Gasteiger partial charge in [-0.25, -0.2) is 4.68 Å². The Labute approximate surface area is 207 Å². The van der Waals surface area contributed by atoms with Crippen molar-refractivity contribution in [3.05, 3.63) is 42.1 Å². The molecule has 2 aliphatic heterocycles. The molecule has 1 atom stereocenters. The number of benzene rings is 1. The summed E-state index contributed by atoms with van der Waals surface area (Å²) in [7, 11) is 0. The summed E-state index contributed by atoms with van der Waals surface area (Å²) in [5, 5.41) is 4.76. The number of nitrogens with zero attached hydrogens (tertiary/aromatic N) is 5. The maximum absolute atomic E-state index is 12.6. The Morgan fingerprint density at radius 3 is 2.50 bits per heavy atom. The van der Waals surface area contributed by atoms with E-state index in [2.05, 4.69) is 51.7 Å². The quantitative estimate of drug-likeness (QED) is 0.682. The predicted octanol–water partition coefficient (Wildman–Crippen LogP) is 3.11. The zero-order valence-corrected chi connectivity index (χ0v) is 21.1. The number of carbonyl (C=O) groups is 1. The molecule has 2 N–H and O–H groups in total. The number of carbonyl (C=O) groups excluding carboxylic acids is 1. The highest BCUT2D eigenvalue weighted by Gasteiger charge is 2.32. The molecule has 1 amide bonds. The third-order valence-corrected chi connectivity index (χ3v) is 8.72. The first kappa shape index (κ1) is 23.7. The number of thioether (sulfide) groups is 1. The molecule has 3 heterocycles. The molecule has 5 rings (SSSR count). The van der Waals surface area contributed by atoms with Crippen LogP contribution in [0.5, 0.6) is 0 Å². The van der Waals surface area contributed by atoms with E-state index in [1.807, 2.05) is 22.7 Å². The lowest BCUT2D eigenvalue weighted by molar-refractivity contribution is -0.131. The van der Waals surface area contributed by atoms with Crippen molar-refractivity contribution in [3.63, 3.8) is 0 Å². The van der Waals surface area contributed by atoms with Crippen LogP contribution in [0.25, 0.3) is 5.69 Å². The molecule has 1 aromatic heterocycles. The molecule has 2 saturated heterocycles. The fraction of sp³-hybridized carbons (Fsp3) is 0.615. The van der Waals surface area contributed by atoms with Crippen molar-refractivity contribution in [2.24, 2.45) is 11.7 Å². The number of aryl methyl sites for hydroxylation is 1. The van der Waals surface area contributed by atoms with Gasteiger partial charge in [0.05, 0.1) is 23.3 Å². The van der Waals surface area contributed by atoms with Gasteiger partial charge in [0.2, 0.25) is 5.91 Å². The summed E-state index contributed by atoms with van der Waals surface area (Å²) in [4.78, 5) is 19.7. The van der Waals surface area contributed by atoms with Crippen LogP contribution < -0.4 is 10.6 Å². The molecule has 0 unspecified atom stereocenters. The second-order valence-electron chi connectivity index (χ2n) is 10.1. The van der Waals surface area contributed by atoms with Crippen LogP contribution in [0.2, 0.25) is 0 Å². The summed E-state index contributed by atoms with van der Waals surface area (Å²) in [6, 6.07) is 13.0. The van der Waals surface area contributed by atoms with E-state index >= 15 is 0 Å². The molecule has 0 bridgehead atoms. The maximum atomic E-state index is 12.6. The molecule has 8 heteroatoms. The van der Waals surface area contributed by atoms with Crippen LogP contribution in [0.3, 0.4) is 0 Å². The standard InChI is InChI=1S/C26H38N6OS/c1-20-17-25(32(28-20)23-5-3-2-4-6-23)30-13-11-29(12-14-30)22-9-7-21(8-10-22)18-24(27)26(33)31-15-16-34-19-31/h2-6,17,21-22,24H,7-16,18-19,27H2,1H3/t21-,22-,24-/m0/s1. The van der Waals surface area contributed by atoms with Gasteiger partial charge in [0.1, 0.15) is 5.82 Å². The van der Waals surface area contributed by atoms with Gasteiger partial charge in [-0.1, -0.05) is 18.2 Å². The van der Waals surface area contributed by atoms with Gasteiger partial charge in [-0.2, -0.15) is 5.10 Å². The van der Waals surface area contributed by atoms with Crippen LogP contribution >= 0.6 is 11.8 Å². The first-order valence-corrected chi connectivity index (χ1v) is 14.0. The van der Waals surface area contributed by atoms with Crippen LogP contribution in [0.1, 0.15) is 37.8 Å². The first-order valence-electron chi connectivity index (χ1n) is 12.8. The average molecular weight is 483 g/mol. The van der Waals surface area contributed by atoms with E-state index in [0.29, 0.717) is 12.0 Å². The fourth-order valence-electron chi connectivity index (χ4n) is 5.81. The number of rotatable bonds is 6. The second kappa shape index (κ2) is 10.7. The Bertz CT molecular complexity index is 943. The van der Waals surface area contributed by atoms with E-state index in [0.717, 1.165) is 62.2 Å². The molecule has 1 aliphatic carbocycles. The molecule has 3 aliphatic rings. The Kier molecular flexibility index (Phi) is 7.46. The Morgan fingerprint density at radius 1 is 1.09 bits per heavy atom. The van der Waals surface area contributed by atoms with Gasteiger partial charge in [0.25, 0.3) is 0 Å². The van der Waals surface area contributed by atoms with Gasteiger partial charge in [0.15, 0.2) is 0 Å². The third kappa shape index (κ3) is 5.29. The Hall–Kier alpha value is -2.03. The van der Waals surface area contributed by atoms with E-state index in [-0.39, 0.29) is 11.9 Å². The van der Waals surface area contributed by atoms with Crippen molar-refractivity contribution in [1.82, 2.24) is 19.6 Å². The van der Waals surface area contributed by atoms with Crippen LogP contribution in [-0.4, -0.2) is 81.9 Å². The zero-order chi connectivity index (χ0) is 23.5. The van der Waals surface area contributed by atoms with E-state index in [9.17, 15) is 4.79 Å². The number of para-hydroxylation sites is 1.